The summed E-state index contributed by atoms with van der Waals surface area (Å²) >= 11 is 0. The molecule has 1 N–H and O–H groups in total. The summed E-state index contributed by atoms with van der Waals surface area (Å²) in [6.45, 7) is 6.71. The Bertz CT molecular complexity index is 956. The molecule has 7 nitrogen and oxygen atoms in total. The smallest absolute Gasteiger partial charge is 0.271 e. The quantitative estimate of drug-likeness (QED) is 0.527. The molecule has 2 aromatic rings. The molecule has 0 amide bonds. The predicted octanol–water partition coefficient (Wildman–Crippen LogP) is 2.79. The van der Waals surface area contributed by atoms with Crippen LogP contribution in [-0.2, 0) is 11.3 Å². The number of ketones is 1. The van der Waals surface area contributed by atoms with Gasteiger partial charge in [0.15, 0.2) is 5.78 Å². The highest BCUT2D eigenvalue weighted by Crippen LogP contribution is 2.26. The van der Waals surface area contributed by atoms with E-state index in [1.54, 1.807) is 24.3 Å². The Hall–Kier alpha value is -3.11. The zero-order valence-electron chi connectivity index (χ0n) is 16.3. The molecule has 1 heterocycles. The van der Waals surface area contributed by atoms with Crippen molar-refractivity contribution < 1.29 is 19.4 Å². The van der Waals surface area contributed by atoms with Gasteiger partial charge in [-0.3, -0.25) is 14.2 Å². The Balaban J connectivity index is 2.53. The highest BCUT2D eigenvalue weighted by Gasteiger charge is 2.25. The lowest BCUT2D eigenvalue weighted by molar-refractivity contribution is 0.103. The number of aromatic hydroxyl groups is 1. The lowest BCUT2D eigenvalue weighted by Crippen LogP contribution is -2.27. The Morgan fingerprint density at radius 3 is 2.68 bits per heavy atom. The number of aromatic nitrogens is 1. The van der Waals surface area contributed by atoms with Gasteiger partial charge in [0.05, 0.1) is 12.2 Å². The average molecular weight is 384 g/mol. The molecule has 0 saturated heterocycles. The summed E-state index contributed by atoms with van der Waals surface area (Å²) in [5.74, 6) is -0.396. The Morgan fingerprint density at radius 2 is 2.04 bits per heavy atom. The third-order valence-corrected chi connectivity index (χ3v) is 4.31. The van der Waals surface area contributed by atoms with Crippen LogP contribution in [0.4, 0.5) is 0 Å². The number of hydrogen-bond donors (Lipinski definition) is 1. The van der Waals surface area contributed by atoms with Gasteiger partial charge in [0.1, 0.15) is 17.4 Å². The molecule has 0 aliphatic rings. The van der Waals surface area contributed by atoms with E-state index in [1.165, 1.54) is 6.92 Å². The molecule has 0 unspecified atom stereocenters. The van der Waals surface area contributed by atoms with E-state index < -0.39 is 17.2 Å². The van der Waals surface area contributed by atoms with Crippen molar-refractivity contribution in [1.82, 2.24) is 4.57 Å². The first-order chi connectivity index (χ1) is 13.5. The van der Waals surface area contributed by atoms with Crippen molar-refractivity contribution in [2.24, 2.45) is 0 Å². The maximum atomic E-state index is 13.1. The summed E-state index contributed by atoms with van der Waals surface area (Å²) in [6, 6.07) is 8.43. The normalized spacial score (nSPS) is 10.5. The second-order valence-electron chi connectivity index (χ2n) is 6.11. The predicted molar refractivity (Wildman–Crippen MR) is 104 cm³/mol. The number of ether oxygens (including phenoxy) is 2. The zero-order chi connectivity index (χ0) is 20.7. The third-order valence-electron chi connectivity index (χ3n) is 4.31. The first-order valence-corrected chi connectivity index (χ1v) is 9.17. The first kappa shape index (κ1) is 21.2. The van der Waals surface area contributed by atoms with Crippen molar-refractivity contribution in [3.8, 4) is 17.7 Å². The van der Waals surface area contributed by atoms with E-state index in [1.807, 2.05) is 19.9 Å². The minimum absolute atomic E-state index is 0.0544. The standard InChI is InChI=1S/C21H24N2O5/c1-4-27-11-7-10-23-20(25)17(13-22)14(3)18(21(23)26)19(24)15-8-6-9-16(12-15)28-5-2/h6,8-9,12,26H,4-5,7,10-11H2,1-3H3. The van der Waals surface area contributed by atoms with Gasteiger partial charge in [-0.2, -0.15) is 5.26 Å². The SMILES string of the molecule is CCOCCCn1c(O)c(C(=O)c2cccc(OCC)c2)c(C)c(C#N)c1=O. The van der Waals surface area contributed by atoms with E-state index in [4.69, 9.17) is 9.47 Å². The number of rotatable bonds is 9. The number of carbonyl (C=O) groups excluding carboxylic acids is 1. The van der Waals surface area contributed by atoms with Crippen LogP contribution in [0.5, 0.6) is 11.6 Å². The average Bonchev–Trinajstić information content (AvgIpc) is 2.68. The van der Waals surface area contributed by atoms with E-state index in [2.05, 4.69) is 0 Å². The van der Waals surface area contributed by atoms with Gasteiger partial charge in [0.2, 0.25) is 5.88 Å². The van der Waals surface area contributed by atoms with Crippen LogP contribution < -0.4 is 10.3 Å². The summed E-state index contributed by atoms with van der Waals surface area (Å²) in [6.07, 6.45) is 0.461. The number of carbonyl (C=O) groups is 1. The molecule has 28 heavy (non-hydrogen) atoms. The van der Waals surface area contributed by atoms with Crippen molar-refractivity contribution in [2.45, 2.75) is 33.7 Å². The van der Waals surface area contributed by atoms with E-state index in [0.29, 0.717) is 37.6 Å². The van der Waals surface area contributed by atoms with Gasteiger partial charge in [-0.1, -0.05) is 12.1 Å². The summed E-state index contributed by atoms with van der Waals surface area (Å²) in [4.78, 5) is 25.7. The molecule has 0 spiro atoms. The van der Waals surface area contributed by atoms with Gasteiger partial charge in [-0.25, -0.2) is 0 Å². The lowest BCUT2D eigenvalue weighted by atomic mass is 9.97. The highest BCUT2D eigenvalue weighted by molar-refractivity contribution is 6.11. The first-order valence-electron chi connectivity index (χ1n) is 9.17. The largest absolute Gasteiger partial charge is 0.494 e. The molecular weight excluding hydrogens is 360 g/mol. The van der Waals surface area contributed by atoms with Crippen molar-refractivity contribution in [3.63, 3.8) is 0 Å². The van der Waals surface area contributed by atoms with Crippen LogP contribution in [0.2, 0.25) is 0 Å². The number of nitriles is 1. The van der Waals surface area contributed by atoms with Crippen LogP contribution >= 0.6 is 0 Å². The van der Waals surface area contributed by atoms with Gasteiger partial charge in [-0.05, 0) is 44.9 Å². The molecule has 1 aromatic heterocycles. The second-order valence-corrected chi connectivity index (χ2v) is 6.11. The molecule has 0 radical (unpaired) electrons. The van der Waals surface area contributed by atoms with E-state index in [0.717, 1.165) is 4.57 Å². The van der Waals surface area contributed by atoms with Gasteiger partial charge >= 0.3 is 0 Å². The minimum Gasteiger partial charge on any atom is -0.494 e. The van der Waals surface area contributed by atoms with E-state index in [-0.39, 0.29) is 23.2 Å². The highest BCUT2D eigenvalue weighted by atomic mass is 16.5. The summed E-state index contributed by atoms with van der Waals surface area (Å²) in [5.41, 5.74) is -0.362. The van der Waals surface area contributed by atoms with Crippen LogP contribution in [0.15, 0.2) is 29.1 Å². The van der Waals surface area contributed by atoms with Crippen LogP contribution in [0.3, 0.4) is 0 Å². The molecule has 2 rings (SSSR count). The van der Waals surface area contributed by atoms with Gasteiger partial charge in [0, 0.05) is 25.3 Å². The van der Waals surface area contributed by atoms with Crippen molar-refractivity contribution in [2.75, 3.05) is 19.8 Å². The van der Waals surface area contributed by atoms with Crippen molar-refractivity contribution in [3.05, 3.63) is 56.9 Å². The van der Waals surface area contributed by atoms with Gasteiger partial charge in [0.25, 0.3) is 5.56 Å². The van der Waals surface area contributed by atoms with Crippen molar-refractivity contribution in [1.29, 1.82) is 5.26 Å². The van der Waals surface area contributed by atoms with Crippen LogP contribution in [0, 0.1) is 18.3 Å². The molecule has 1 aromatic carbocycles. The van der Waals surface area contributed by atoms with Crippen LogP contribution in [0.1, 0.15) is 47.3 Å². The van der Waals surface area contributed by atoms with Gasteiger partial charge in [-0.15, -0.1) is 0 Å². The van der Waals surface area contributed by atoms with E-state index >= 15 is 0 Å². The van der Waals surface area contributed by atoms with Crippen molar-refractivity contribution >= 4 is 5.78 Å². The summed E-state index contributed by atoms with van der Waals surface area (Å²) in [5, 5.41) is 20.1. The Labute approximate surface area is 163 Å². The summed E-state index contributed by atoms with van der Waals surface area (Å²) in [7, 11) is 0. The topological polar surface area (TPSA) is 102 Å². The second kappa shape index (κ2) is 9.72. The zero-order valence-corrected chi connectivity index (χ0v) is 16.3. The minimum atomic E-state index is -0.617. The number of benzene rings is 1. The Kier molecular flexibility index (Phi) is 7.36. The molecule has 7 heteroatoms. The monoisotopic (exact) mass is 384 g/mol. The molecule has 0 saturated carbocycles. The molecule has 0 bridgehead atoms. The maximum absolute atomic E-state index is 13.1. The lowest BCUT2D eigenvalue weighted by Gasteiger charge is -2.16. The molecule has 0 aliphatic carbocycles. The number of pyridine rings is 1. The van der Waals surface area contributed by atoms with Crippen LogP contribution in [-0.4, -0.2) is 35.3 Å². The molecule has 0 fully saturated rings. The molecular formula is C21H24N2O5. The number of hydrogen-bond acceptors (Lipinski definition) is 6. The maximum Gasteiger partial charge on any atom is 0.271 e. The molecule has 148 valence electrons. The molecule has 0 aliphatic heterocycles. The fraction of sp³-hybridized carbons (Fsp3) is 0.381. The Morgan fingerprint density at radius 1 is 1.29 bits per heavy atom. The van der Waals surface area contributed by atoms with Crippen LogP contribution in [0.25, 0.3) is 0 Å². The van der Waals surface area contributed by atoms with Gasteiger partial charge < -0.3 is 14.6 Å². The number of nitrogens with zero attached hydrogens (tertiary/aromatic N) is 2. The third kappa shape index (κ3) is 4.41. The van der Waals surface area contributed by atoms with E-state index in [9.17, 15) is 20.0 Å². The fourth-order valence-electron chi connectivity index (χ4n) is 2.94. The molecule has 0 atom stereocenters. The summed E-state index contributed by atoms with van der Waals surface area (Å²) < 4.78 is 11.7. The fourth-order valence-corrected chi connectivity index (χ4v) is 2.94.